The Kier molecular flexibility index (Phi) is 4.71. The van der Waals surface area contributed by atoms with E-state index in [9.17, 15) is 4.79 Å². The summed E-state index contributed by atoms with van der Waals surface area (Å²) in [4.78, 5) is 16.7. The van der Waals surface area contributed by atoms with Gasteiger partial charge in [0.2, 0.25) is 5.91 Å². The predicted molar refractivity (Wildman–Crippen MR) is 94.3 cm³/mol. The average molecular weight is 351 g/mol. The maximum atomic E-state index is 12.2. The molecule has 0 fully saturated rings. The van der Waals surface area contributed by atoms with Crippen molar-refractivity contribution in [2.45, 2.75) is 6.04 Å². The second-order valence-electron chi connectivity index (χ2n) is 4.76. The quantitative estimate of drug-likeness (QED) is 0.885. The van der Waals surface area contributed by atoms with Gasteiger partial charge in [-0.05, 0) is 36.4 Å². The summed E-state index contributed by atoms with van der Waals surface area (Å²) >= 11 is 13.3. The van der Waals surface area contributed by atoms with Crippen molar-refractivity contribution < 1.29 is 4.79 Å². The third kappa shape index (κ3) is 3.64. The molecule has 112 valence electrons. The van der Waals surface area contributed by atoms with Gasteiger partial charge in [0.15, 0.2) is 0 Å². The van der Waals surface area contributed by atoms with Gasteiger partial charge in [-0.25, -0.2) is 0 Å². The Morgan fingerprint density at radius 2 is 1.64 bits per heavy atom. The molecule has 1 unspecified atom stereocenters. The molecule has 0 saturated carbocycles. The van der Waals surface area contributed by atoms with E-state index >= 15 is 0 Å². The first kappa shape index (κ1) is 15.4. The van der Waals surface area contributed by atoms with E-state index in [0.29, 0.717) is 15.8 Å². The zero-order valence-electron chi connectivity index (χ0n) is 11.4. The van der Waals surface area contributed by atoms with Crippen LogP contribution in [0.25, 0.3) is 0 Å². The van der Waals surface area contributed by atoms with Crippen LogP contribution in [0.15, 0.2) is 53.5 Å². The minimum absolute atomic E-state index is 0.112. The molecular weight excluding hydrogens is 339 g/mol. The highest BCUT2D eigenvalue weighted by atomic mass is 35.5. The summed E-state index contributed by atoms with van der Waals surface area (Å²) in [5.41, 5.74) is 1.70. The van der Waals surface area contributed by atoms with Gasteiger partial charge < -0.3 is 5.32 Å². The fourth-order valence-corrected chi connectivity index (χ4v) is 3.32. The van der Waals surface area contributed by atoms with Gasteiger partial charge in [-0.3, -0.25) is 9.79 Å². The molecule has 0 spiro atoms. The number of rotatable bonds is 3. The zero-order chi connectivity index (χ0) is 15.5. The number of hydrogen-bond acceptors (Lipinski definition) is 3. The molecule has 3 nitrogen and oxygen atoms in total. The Balaban J connectivity index is 1.69. The Morgan fingerprint density at radius 1 is 1.05 bits per heavy atom. The summed E-state index contributed by atoms with van der Waals surface area (Å²) in [5, 5.41) is 5.04. The first-order valence-corrected chi connectivity index (χ1v) is 8.39. The number of aliphatic imine (C=N–C) groups is 1. The summed E-state index contributed by atoms with van der Waals surface area (Å²) in [6.45, 7) is 0. The van der Waals surface area contributed by atoms with E-state index < -0.39 is 0 Å². The van der Waals surface area contributed by atoms with Crippen LogP contribution in [-0.4, -0.2) is 22.7 Å². The number of benzene rings is 2. The minimum atomic E-state index is -0.383. The molecular formula is C16H12Cl2N2OS. The molecule has 1 heterocycles. The summed E-state index contributed by atoms with van der Waals surface area (Å²) in [6.07, 6.45) is 0. The van der Waals surface area contributed by atoms with E-state index in [1.807, 2.05) is 24.3 Å². The third-order valence-electron chi connectivity index (χ3n) is 3.16. The van der Waals surface area contributed by atoms with Crippen LogP contribution in [0.3, 0.4) is 0 Å². The molecule has 1 atom stereocenters. The second kappa shape index (κ2) is 6.73. The molecule has 1 N–H and O–H groups in total. The highest BCUT2D eigenvalue weighted by Gasteiger charge is 2.25. The number of thioether (sulfide) groups is 1. The van der Waals surface area contributed by atoms with E-state index in [1.54, 1.807) is 36.0 Å². The van der Waals surface area contributed by atoms with Crippen LogP contribution in [0, 0.1) is 0 Å². The second-order valence-corrected chi connectivity index (χ2v) is 6.65. The van der Waals surface area contributed by atoms with Gasteiger partial charge in [-0.2, -0.15) is 0 Å². The fraction of sp³-hybridized carbons (Fsp3) is 0.125. The molecule has 22 heavy (non-hydrogen) atoms. The van der Waals surface area contributed by atoms with Crippen molar-refractivity contribution in [3.05, 3.63) is 64.1 Å². The molecule has 6 heteroatoms. The first-order valence-electron chi connectivity index (χ1n) is 6.65. The van der Waals surface area contributed by atoms with E-state index in [4.69, 9.17) is 23.2 Å². The highest BCUT2D eigenvalue weighted by Crippen LogP contribution is 2.25. The number of hydrogen-bond donors (Lipinski definition) is 1. The molecule has 0 aromatic heterocycles. The van der Waals surface area contributed by atoms with E-state index in [-0.39, 0.29) is 11.9 Å². The van der Waals surface area contributed by atoms with Crippen molar-refractivity contribution in [3.63, 3.8) is 0 Å². The van der Waals surface area contributed by atoms with Gasteiger partial charge in [0.05, 0.1) is 5.04 Å². The first-order chi connectivity index (χ1) is 10.6. The normalized spacial score (nSPS) is 17.2. The average Bonchev–Trinajstić information content (AvgIpc) is 3.00. The topological polar surface area (TPSA) is 41.5 Å². The van der Waals surface area contributed by atoms with Crippen molar-refractivity contribution in [3.8, 4) is 0 Å². The maximum Gasteiger partial charge on any atom is 0.250 e. The minimum Gasteiger partial charge on any atom is -0.324 e. The number of amides is 1. The van der Waals surface area contributed by atoms with Gasteiger partial charge in [-0.15, -0.1) is 11.8 Å². The van der Waals surface area contributed by atoms with E-state index in [0.717, 1.165) is 16.3 Å². The van der Waals surface area contributed by atoms with Crippen LogP contribution >= 0.6 is 35.0 Å². The summed E-state index contributed by atoms with van der Waals surface area (Å²) in [6, 6.07) is 14.1. The van der Waals surface area contributed by atoms with Crippen molar-refractivity contribution in [1.82, 2.24) is 0 Å². The predicted octanol–water partition coefficient (Wildman–Crippen LogP) is 4.49. The van der Waals surface area contributed by atoms with Crippen molar-refractivity contribution >= 4 is 51.6 Å². The Labute approximate surface area is 142 Å². The van der Waals surface area contributed by atoms with Gasteiger partial charge >= 0.3 is 0 Å². The number of carbonyl (C=O) groups is 1. The SMILES string of the molecule is O=C(Nc1ccc(Cl)cc1)C1CSC(c2ccc(Cl)cc2)=N1. The lowest BCUT2D eigenvalue weighted by molar-refractivity contribution is -0.116. The molecule has 3 rings (SSSR count). The standard InChI is InChI=1S/C16H12Cl2N2OS/c17-11-3-1-10(2-4-11)16-20-14(9-22-16)15(21)19-13-7-5-12(18)6-8-13/h1-8,14H,9H2,(H,19,21). The Hall–Kier alpha value is -1.49. The number of anilines is 1. The molecule has 0 aliphatic carbocycles. The number of nitrogens with one attached hydrogen (secondary N) is 1. The molecule has 0 saturated heterocycles. The van der Waals surface area contributed by atoms with E-state index in [2.05, 4.69) is 10.3 Å². The maximum absolute atomic E-state index is 12.2. The third-order valence-corrected chi connectivity index (χ3v) is 4.76. The molecule has 1 aliphatic rings. The van der Waals surface area contributed by atoms with Gasteiger partial charge in [0.25, 0.3) is 0 Å². The molecule has 2 aromatic carbocycles. The fourth-order valence-electron chi connectivity index (χ4n) is 2.02. The summed E-state index contributed by atoms with van der Waals surface area (Å²) < 4.78 is 0. The van der Waals surface area contributed by atoms with Crippen molar-refractivity contribution in [2.75, 3.05) is 11.1 Å². The lowest BCUT2D eigenvalue weighted by Crippen LogP contribution is -2.26. The molecule has 0 radical (unpaired) electrons. The van der Waals surface area contributed by atoms with Crippen LogP contribution in [0.2, 0.25) is 10.0 Å². The Bertz CT molecular complexity index is 714. The summed E-state index contributed by atoms with van der Waals surface area (Å²) in [7, 11) is 0. The molecule has 0 bridgehead atoms. The van der Waals surface area contributed by atoms with Crippen LogP contribution in [0.5, 0.6) is 0 Å². The largest absolute Gasteiger partial charge is 0.324 e. The molecule has 1 amide bonds. The van der Waals surface area contributed by atoms with Crippen LogP contribution < -0.4 is 5.32 Å². The number of nitrogens with zero attached hydrogens (tertiary/aromatic N) is 1. The summed E-state index contributed by atoms with van der Waals surface area (Å²) in [5.74, 6) is 0.524. The lowest BCUT2D eigenvalue weighted by atomic mass is 10.2. The number of halogens is 2. The molecule has 2 aromatic rings. The monoisotopic (exact) mass is 350 g/mol. The van der Waals surface area contributed by atoms with E-state index in [1.165, 1.54) is 0 Å². The van der Waals surface area contributed by atoms with Crippen LogP contribution in [0.1, 0.15) is 5.56 Å². The number of carbonyl (C=O) groups excluding carboxylic acids is 1. The van der Waals surface area contributed by atoms with Crippen molar-refractivity contribution in [2.24, 2.45) is 4.99 Å². The zero-order valence-corrected chi connectivity index (χ0v) is 13.8. The van der Waals surface area contributed by atoms with Gasteiger partial charge in [0.1, 0.15) is 6.04 Å². The smallest absolute Gasteiger partial charge is 0.250 e. The van der Waals surface area contributed by atoms with Crippen LogP contribution in [-0.2, 0) is 4.79 Å². The van der Waals surface area contributed by atoms with Crippen molar-refractivity contribution in [1.29, 1.82) is 0 Å². The highest BCUT2D eigenvalue weighted by molar-refractivity contribution is 8.14. The van der Waals surface area contributed by atoms with Gasteiger partial charge in [-0.1, -0.05) is 35.3 Å². The van der Waals surface area contributed by atoms with Crippen LogP contribution in [0.4, 0.5) is 5.69 Å². The van der Waals surface area contributed by atoms with Gasteiger partial charge in [0, 0.05) is 27.0 Å². The molecule has 1 aliphatic heterocycles. The lowest BCUT2D eigenvalue weighted by Gasteiger charge is -2.07. The Morgan fingerprint density at radius 3 is 2.27 bits per heavy atom.